The number of nitrogens with two attached hydrogens (primary N) is 1. The van der Waals surface area contributed by atoms with Gasteiger partial charge >= 0.3 is 0 Å². The fraction of sp³-hybridized carbons (Fsp3) is 0.111. The van der Waals surface area contributed by atoms with Crippen molar-refractivity contribution in [3.05, 3.63) is 29.7 Å². The van der Waals surface area contributed by atoms with E-state index in [4.69, 9.17) is 5.73 Å². The number of halogens is 1. The molecule has 0 bridgehead atoms. The first kappa shape index (κ1) is 12.7. The predicted octanol–water partition coefficient (Wildman–Crippen LogP) is 1.37. The highest BCUT2D eigenvalue weighted by Crippen LogP contribution is 2.23. The summed E-state index contributed by atoms with van der Waals surface area (Å²) < 4.78 is 43.1. The van der Waals surface area contributed by atoms with Crippen LogP contribution in [-0.2, 0) is 10.0 Å². The number of rotatable bonds is 3. The SMILES string of the molecule is Cc1c(N)cc(S(=O)(=O)Nc2cnns2)cc1F. The van der Waals surface area contributed by atoms with Crippen LogP contribution in [-0.4, -0.2) is 18.0 Å². The molecule has 1 aromatic carbocycles. The molecular weight excluding hydrogens is 279 g/mol. The maximum atomic E-state index is 13.5. The summed E-state index contributed by atoms with van der Waals surface area (Å²) in [6.07, 6.45) is 1.26. The fourth-order valence-corrected chi connectivity index (χ4v) is 2.96. The molecule has 0 saturated heterocycles. The van der Waals surface area contributed by atoms with E-state index in [1.165, 1.54) is 19.2 Å². The van der Waals surface area contributed by atoms with Crippen LogP contribution in [0, 0.1) is 12.7 Å². The average molecular weight is 288 g/mol. The number of aromatic nitrogens is 2. The molecule has 0 atom stereocenters. The maximum absolute atomic E-state index is 13.5. The van der Waals surface area contributed by atoms with E-state index < -0.39 is 15.8 Å². The van der Waals surface area contributed by atoms with Gasteiger partial charge in [0.25, 0.3) is 10.0 Å². The molecule has 18 heavy (non-hydrogen) atoms. The zero-order valence-electron chi connectivity index (χ0n) is 9.21. The van der Waals surface area contributed by atoms with E-state index in [0.29, 0.717) is 0 Å². The minimum Gasteiger partial charge on any atom is -0.398 e. The van der Waals surface area contributed by atoms with E-state index >= 15 is 0 Å². The molecule has 3 N–H and O–H groups in total. The van der Waals surface area contributed by atoms with Crippen LogP contribution >= 0.6 is 11.5 Å². The highest BCUT2D eigenvalue weighted by atomic mass is 32.2. The molecule has 6 nitrogen and oxygen atoms in total. The molecule has 0 amide bonds. The predicted molar refractivity (Wildman–Crippen MR) is 66.3 cm³/mol. The van der Waals surface area contributed by atoms with Crippen molar-refractivity contribution in [2.75, 3.05) is 10.5 Å². The van der Waals surface area contributed by atoms with Crippen LogP contribution in [0.15, 0.2) is 23.2 Å². The van der Waals surface area contributed by atoms with E-state index in [-0.39, 0.29) is 21.1 Å². The van der Waals surface area contributed by atoms with E-state index in [1.807, 2.05) is 0 Å². The second-order valence-electron chi connectivity index (χ2n) is 3.51. The van der Waals surface area contributed by atoms with E-state index in [0.717, 1.165) is 17.6 Å². The van der Waals surface area contributed by atoms with Gasteiger partial charge in [0, 0.05) is 22.8 Å². The zero-order chi connectivity index (χ0) is 13.3. The monoisotopic (exact) mass is 288 g/mol. The minimum absolute atomic E-state index is 0.0813. The molecule has 2 aromatic rings. The van der Waals surface area contributed by atoms with Crippen LogP contribution in [0.5, 0.6) is 0 Å². The highest BCUT2D eigenvalue weighted by Gasteiger charge is 2.18. The number of benzene rings is 1. The smallest absolute Gasteiger partial charge is 0.262 e. The Hall–Kier alpha value is -1.74. The number of anilines is 2. The summed E-state index contributed by atoms with van der Waals surface area (Å²) in [5, 5.41) is 3.74. The average Bonchev–Trinajstić information content (AvgIpc) is 2.77. The molecule has 0 radical (unpaired) electrons. The molecule has 96 valence electrons. The van der Waals surface area contributed by atoms with E-state index in [1.54, 1.807) is 0 Å². The van der Waals surface area contributed by atoms with Gasteiger partial charge in [-0.2, -0.15) is 0 Å². The summed E-state index contributed by atoms with van der Waals surface area (Å²) in [5.74, 6) is -0.669. The van der Waals surface area contributed by atoms with Crippen molar-refractivity contribution in [3.63, 3.8) is 0 Å². The number of nitrogen functional groups attached to an aromatic ring is 1. The Kier molecular flexibility index (Phi) is 3.18. The summed E-state index contributed by atoms with van der Waals surface area (Å²) in [7, 11) is -3.88. The van der Waals surface area contributed by atoms with Crippen LogP contribution in [0.2, 0.25) is 0 Å². The second kappa shape index (κ2) is 4.50. The van der Waals surface area contributed by atoms with Crippen molar-refractivity contribution in [1.82, 2.24) is 9.59 Å². The standard InChI is InChI=1S/C9H9FN4O2S2/c1-5-7(10)2-6(3-8(5)11)18(15,16)13-9-4-12-14-17-9/h2-4,13H,11H2,1H3. The van der Waals surface area contributed by atoms with Crippen molar-refractivity contribution in [2.45, 2.75) is 11.8 Å². The topological polar surface area (TPSA) is 98.0 Å². The molecule has 0 aliphatic carbocycles. The first-order valence-electron chi connectivity index (χ1n) is 4.76. The molecule has 0 fully saturated rings. The van der Waals surface area contributed by atoms with Gasteiger partial charge in [-0.1, -0.05) is 4.49 Å². The maximum Gasteiger partial charge on any atom is 0.262 e. The molecule has 9 heteroatoms. The van der Waals surface area contributed by atoms with Crippen molar-refractivity contribution in [2.24, 2.45) is 0 Å². The summed E-state index contributed by atoms with van der Waals surface area (Å²) in [6, 6.07) is 2.12. The van der Waals surface area contributed by atoms with Gasteiger partial charge in [-0.05, 0) is 19.1 Å². The quantitative estimate of drug-likeness (QED) is 0.831. The third-order valence-corrected chi connectivity index (χ3v) is 4.32. The van der Waals surface area contributed by atoms with Crippen LogP contribution in [0.4, 0.5) is 15.1 Å². The Balaban J connectivity index is 2.42. The van der Waals surface area contributed by atoms with Crippen molar-refractivity contribution >= 4 is 32.2 Å². The lowest BCUT2D eigenvalue weighted by atomic mass is 10.2. The lowest BCUT2D eigenvalue weighted by molar-refractivity contribution is 0.593. The Morgan fingerprint density at radius 1 is 1.44 bits per heavy atom. The second-order valence-corrected chi connectivity index (χ2v) is 5.97. The number of hydrogen-bond acceptors (Lipinski definition) is 6. The normalized spacial score (nSPS) is 11.4. The summed E-state index contributed by atoms with van der Waals surface area (Å²) in [5.41, 5.74) is 5.83. The van der Waals surface area contributed by atoms with E-state index in [9.17, 15) is 12.8 Å². The van der Waals surface area contributed by atoms with Crippen molar-refractivity contribution in [1.29, 1.82) is 0 Å². The summed E-state index contributed by atoms with van der Waals surface area (Å²) >= 11 is 0.880. The molecule has 0 aliphatic heterocycles. The van der Waals surface area contributed by atoms with Gasteiger partial charge < -0.3 is 5.73 Å². The van der Waals surface area contributed by atoms with Gasteiger partial charge in [-0.25, -0.2) is 12.8 Å². The molecule has 0 saturated carbocycles. The first-order valence-corrected chi connectivity index (χ1v) is 7.01. The van der Waals surface area contributed by atoms with Crippen molar-refractivity contribution in [3.8, 4) is 0 Å². The van der Waals surface area contributed by atoms with Gasteiger partial charge in [0.05, 0.1) is 11.1 Å². The lowest BCUT2D eigenvalue weighted by Gasteiger charge is -2.08. The number of nitrogens with one attached hydrogen (secondary N) is 1. The van der Waals surface area contributed by atoms with E-state index in [2.05, 4.69) is 14.3 Å². The Morgan fingerprint density at radius 2 is 2.17 bits per heavy atom. The third kappa shape index (κ3) is 2.41. The van der Waals surface area contributed by atoms with Gasteiger partial charge in [0.15, 0.2) is 0 Å². The van der Waals surface area contributed by atoms with Crippen LogP contribution < -0.4 is 10.5 Å². The minimum atomic E-state index is -3.88. The molecule has 0 aliphatic rings. The molecule has 0 unspecified atom stereocenters. The largest absolute Gasteiger partial charge is 0.398 e. The summed E-state index contributed by atoms with van der Waals surface area (Å²) in [6.45, 7) is 1.47. The summed E-state index contributed by atoms with van der Waals surface area (Å²) in [4.78, 5) is -0.239. The molecule has 1 heterocycles. The zero-order valence-corrected chi connectivity index (χ0v) is 10.8. The first-order chi connectivity index (χ1) is 8.40. The van der Waals surface area contributed by atoms with Gasteiger partial charge in [0.1, 0.15) is 10.8 Å². The van der Waals surface area contributed by atoms with Crippen LogP contribution in [0.3, 0.4) is 0 Å². The van der Waals surface area contributed by atoms with Crippen LogP contribution in [0.1, 0.15) is 5.56 Å². The molecular formula is C9H9FN4O2S2. The Labute approximate surface area is 107 Å². The highest BCUT2D eigenvalue weighted by molar-refractivity contribution is 7.93. The molecule has 2 rings (SSSR count). The molecule has 0 spiro atoms. The van der Waals surface area contributed by atoms with Crippen molar-refractivity contribution < 1.29 is 12.8 Å². The number of hydrogen-bond donors (Lipinski definition) is 2. The molecule has 1 aromatic heterocycles. The lowest BCUT2D eigenvalue weighted by Crippen LogP contribution is -2.13. The van der Waals surface area contributed by atoms with Gasteiger partial charge in [-0.15, -0.1) is 5.10 Å². The third-order valence-electron chi connectivity index (χ3n) is 2.26. The van der Waals surface area contributed by atoms with Crippen LogP contribution in [0.25, 0.3) is 0 Å². The van der Waals surface area contributed by atoms with Gasteiger partial charge in [0.2, 0.25) is 0 Å². The number of nitrogens with zero attached hydrogens (tertiary/aromatic N) is 2. The Bertz CT molecular complexity index is 647. The van der Waals surface area contributed by atoms with Gasteiger partial charge in [-0.3, -0.25) is 4.72 Å². The Morgan fingerprint density at radius 3 is 2.72 bits per heavy atom. The number of sulfonamides is 1. The fourth-order valence-electron chi connectivity index (χ4n) is 1.23.